The summed E-state index contributed by atoms with van der Waals surface area (Å²) in [5.41, 5.74) is 1.43. The lowest BCUT2D eigenvalue weighted by Crippen LogP contribution is -2.27. The lowest BCUT2D eigenvalue weighted by molar-refractivity contribution is 0.0940. The second-order valence-electron chi connectivity index (χ2n) is 6.71. The Morgan fingerprint density at radius 3 is 2.15 bits per heavy atom. The second kappa shape index (κ2) is 8.96. The van der Waals surface area contributed by atoms with Crippen LogP contribution in [0, 0.1) is 5.92 Å². The number of rotatable bonds is 8. The van der Waals surface area contributed by atoms with Gasteiger partial charge in [-0.15, -0.1) is 0 Å². The first-order valence-electron chi connectivity index (χ1n) is 8.75. The molecule has 0 aliphatic heterocycles. The van der Waals surface area contributed by atoms with E-state index < -0.39 is 10.0 Å². The summed E-state index contributed by atoms with van der Waals surface area (Å²) in [4.78, 5) is 12.5. The minimum absolute atomic E-state index is 0.134. The Kier molecular flexibility index (Phi) is 6.94. The number of carbonyl (C=O) groups is 1. The average Bonchev–Trinajstić information content (AvgIpc) is 2.62. The fraction of sp³-hybridized carbons (Fsp3) is 0.350. The van der Waals surface area contributed by atoms with Crippen LogP contribution in [-0.2, 0) is 10.0 Å². The molecule has 0 aromatic heterocycles. The zero-order valence-electron chi connectivity index (χ0n) is 15.4. The van der Waals surface area contributed by atoms with Crippen molar-refractivity contribution in [1.82, 2.24) is 10.0 Å². The molecule has 0 fully saturated rings. The monoisotopic (exact) mass is 374 g/mol. The van der Waals surface area contributed by atoms with E-state index in [0.29, 0.717) is 18.0 Å². The van der Waals surface area contributed by atoms with E-state index in [1.165, 1.54) is 24.3 Å². The number of hydrogen-bond donors (Lipinski definition) is 2. The number of amides is 1. The van der Waals surface area contributed by atoms with Gasteiger partial charge in [0.25, 0.3) is 5.91 Å². The Bertz CT molecular complexity index is 816. The Hall–Kier alpha value is -2.18. The maximum atomic E-state index is 12.4. The molecule has 0 aliphatic carbocycles. The Morgan fingerprint density at radius 2 is 1.58 bits per heavy atom. The first kappa shape index (κ1) is 20.1. The van der Waals surface area contributed by atoms with Gasteiger partial charge in [-0.3, -0.25) is 4.79 Å². The van der Waals surface area contributed by atoms with Crippen molar-refractivity contribution in [3.8, 4) is 0 Å². The lowest BCUT2D eigenvalue weighted by atomic mass is 10.1. The predicted octanol–water partition coefficient (Wildman–Crippen LogP) is 3.50. The molecule has 26 heavy (non-hydrogen) atoms. The Labute approximate surface area is 155 Å². The topological polar surface area (TPSA) is 75.3 Å². The van der Waals surface area contributed by atoms with Gasteiger partial charge in [0.1, 0.15) is 0 Å². The van der Waals surface area contributed by atoms with Gasteiger partial charge in [-0.1, -0.05) is 44.2 Å². The molecular weight excluding hydrogens is 348 g/mol. The molecule has 0 saturated carbocycles. The van der Waals surface area contributed by atoms with Crippen molar-refractivity contribution >= 4 is 15.9 Å². The van der Waals surface area contributed by atoms with E-state index in [1.807, 2.05) is 51.1 Å². The number of nitrogens with one attached hydrogen (secondary N) is 2. The quantitative estimate of drug-likeness (QED) is 0.742. The molecular formula is C20H26N2O3S. The smallest absolute Gasteiger partial charge is 0.251 e. The lowest BCUT2D eigenvalue weighted by Gasteiger charge is -2.14. The van der Waals surface area contributed by atoms with Gasteiger partial charge in [-0.05, 0) is 49.1 Å². The molecule has 2 aromatic rings. The third-order valence-corrected chi connectivity index (χ3v) is 5.56. The Balaban J connectivity index is 2.01. The first-order chi connectivity index (χ1) is 12.3. The van der Waals surface area contributed by atoms with Crippen LogP contribution in [0.4, 0.5) is 0 Å². The van der Waals surface area contributed by atoms with Crippen LogP contribution in [0.15, 0.2) is 59.5 Å². The van der Waals surface area contributed by atoms with Gasteiger partial charge < -0.3 is 5.32 Å². The molecule has 0 radical (unpaired) electrons. The highest BCUT2D eigenvalue weighted by molar-refractivity contribution is 7.89. The van der Waals surface area contributed by atoms with Gasteiger partial charge in [-0.25, -0.2) is 13.1 Å². The van der Waals surface area contributed by atoms with E-state index in [9.17, 15) is 13.2 Å². The van der Waals surface area contributed by atoms with Crippen LogP contribution in [-0.4, -0.2) is 20.9 Å². The second-order valence-corrected chi connectivity index (χ2v) is 8.48. The highest BCUT2D eigenvalue weighted by atomic mass is 32.2. The van der Waals surface area contributed by atoms with Crippen molar-refractivity contribution in [1.29, 1.82) is 0 Å². The van der Waals surface area contributed by atoms with Gasteiger partial charge in [0.2, 0.25) is 10.0 Å². The number of hydrogen-bond acceptors (Lipinski definition) is 3. The van der Waals surface area contributed by atoms with Crippen molar-refractivity contribution in [3.05, 3.63) is 65.7 Å². The van der Waals surface area contributed by atoms with Crippen LogP contribution in [0.1, 0.15) is 49.2 Å². The summed E-state index contributed by atoms with van der Waals surface area (Å²) in [6.07, 6.45) is 0.775. The summed E-state index contributed by atoms with van der Waals surface area (Å²) in [5.74, 6) is 0.188. The molecule has 0 spiro atoms. The highest BCUT2D eigenvalue weighted by Crippen LogP contribution is 2.14. The van der Waals surface area contributed by atoms with Crippen molar-refractivity contribution < 1.29 is 13.2 Å². The SMILES string of the molecule is CC(C)CCNS(=O)(=O)c1ccc(C(=O)NC(C)c2ccccc2)cc1. The van der Waals surface area contributed by atoms with E-state index in [2.05, 4.69) is 10.0 Å². The van der Waals surface area contributed by atoms with Crippen molar-refractivity contribution in [2.75, 3.05) is 6.54 Å². The van der Waals surface area contributed by atoms with E-state index in [-0.39, 0.29) is 16.8 Å². The third kappa shape index (κ3) is 5.68. The maximum Gasteiger partial charge on any atom is 0.251 e. The molecule has 2 N–H and O–H groups in total. The zero-order chi connectivity index (χ0) is 19.2. The standard InChI is InChI=1S/C20H26N2O3S/c1-15(2)13-14-21-26(24,25)19-11-9-18(10-12-19)20(23)22-16(3)17-7-5-4-6-8-17/h4-12,15-16,21H,13-14H2,1-3H3,(H,22,23). The van der Waals surface area contributed by atoms with Gasteiger partial charge in [-0.2, -0.15) is 0 Å². The van der Waals surface area contributed by atoms with Crippen LogP contribution in [0.3, 0.4) is 0 Å². The summed E-state index contributed by atoms with van der Waals surface area (Å²) in [6.45, 7) is 6.39. The molecule has 1 amide bonds. The van der Waals surface area contributed by atoms with E-state index in [1.54, 1.807) is 0 Å². The Morgan fingerprint density at radius 1 is 0.962 bits per heavy atom. The largest absolute Gasteiger partial charge is 0.346 e. The molecule has 2 aromatic carbocycles. The molecule has 0 bridgehead atoms. The van der Waals surface area contributed by atoms with Crippen molar-refractivity contribution in [3.63, 3.8) is 0 Å². The van der Waals surface area contributed by atoms with Crippen molar-refractivity contribution in [2.24, 2.45) is 5.92 Å². The number of sulfonamides is 1. The van der Waals surface area contributed by atoms with Crippen LogP contribution < -0.4 is 10.0 Å². The highest BCUT2D eigenvalue weighted by Gasteiger charge is 2.16. The van der Waals surface area contributed by atoms with Gasteiger partial charge in [0.05, 0.1) is 10.9 Å². The molecule has 0 saturated heterocycles. The number of benzene rings is 2. The number of carbonyl (C=O) groups excluding carboxylic acids is 1. The first-order valence-corrected chi connectivity index (χ1v) is 10.2. The molecule has 1 unspecified atom stereocenters. The minimum Gasteiger partial charge on any atom is -0.346 e. The molecule has 2 rings (SSSR count). The summed E-state index contributed by atoms with van der Waals surface area (Å²) >= 11 is 0. The van der Waals surface area contributed by atoms with Crippen LogP contribution >= 0.6 is 0 Å². The molecule has 0 aliphatic rings. The van der Waals surface area contributed by atoms with Gasteiger partial charge in [0.15, 0.2) is 0 Å². The average molecular weight is 375 g/mol. The maximum absolute atomic E-state index is 12.4. The molecule has 0 heterocycles. The molecule has 1 atom stereocenters. The van der Waals surface area contributed by atoms with E-state index in [4.69, 9.17) is 0 Å². The molecule has 6 heteroatoms. The van der Waals surface area contributed by atoms with E-state index in [0.717, 1.165) is 12.0 Å². The fourth-order valence-electron chi connectivity index (χ4n) is 2.46. The molecule has 5 nitrogen and oxygen atoms in total. The molecule has 140 valence electrons. The summed E-state index contributed by atoms with van der Waals surface area (Å²) in [5, 5.41) is 2.91. The summed E-state index contributed by atoms with van der Waals surface area (Å²) < 4.78 is 27.1. The van der Waals surface area contributed by atoms with Gasteiger partial charge in [0, 0.05) is 12.1 Å². The summed E-state index contributed by atoms with van der Waals surface area (Å²) in [7, 11) is -3.55. The van der Waals surface area contributed by atoms with Crippen LogP contribution in [0.2, 0.25) is 0 Å². The van der Waals surface area contributed by atoms with Crippen molar-refractivity contribution in [2.45, 2.75) is 38.1 Å². The fourth-order valence-corrected chi connectivity index (χ4v) is 3.50. The van der Waals surface area contributed by atoms with Crippen LogP contribution in [0.25, 0.3) is 0 Å². The van der Waals surface area contributed by atoms with E-state index >= 15 is 0 Å². The van der Waals surface area contributed by atoms with Gasteiger partial charge >= 0.3 is 0 Å². The predicted molar refractivity (Wildman–Crippen MR) is 103 cm³/mol. The zero-order valence-corrected chi connectivity index (χ0v) is 16.2. The minimum atomic E-state index is -3.55. The third-order valence-electron chi connectivity index (χ3n) is 4.09. The normalized spacial score (nSPS) is 12.8. The van der Waals surface area contributed by atoms with Crippen LogP contribution in [0.5, 0.6) is 0 Å². The summed E-state index contributed by atoms with van der Waals surface area (Å²) in [6, 6.07) is 15.5.